The van der Waals surface area contributed by atoms with Crippen molar-refractivity contribution in [2.75, 3.05) is 25.7 Å². The normalized spacial score (nSPS) is 10.1. The van der Waals surface area contributed by atoms with Crippen LogP contribution in [0.1, 0.15) is 25.8 Å². The second-order valence-electron chi connectivity index (χ2n) is 4.60. The summed E-state index contributed by atoms with van der Waals surface area (Å²) in [5.41, 5.74) is 0.946. The first-order valence-electron chi connectivity index (χ1n) is 6.58. The fourth-order valence-electron chi connectivity index (χ4n) is 1.41. The molecule has 0 aliphatic heterocycles. The Morgan fingerprint density at radius 3 is 2.47 bits per heavy atom. The van der Waals surface area contributed by atoms with Gasteiger partial charge in [0.2, 0.25) is 0 Å². The van der Waals surface area contributed by atoms with Gasteiger partial charge < -0.3 is 9.47 Å². The zero-order valence-corrected chi connectivity index (χ0v) is 12.4. The number of benzene rings is 1. The minimum Gasteiger partial charge on any atom is -0.491 e. The second kappa shape index (κ2) is 9.72. The van der Waals surface area contributed by atoms with Crippen molar-refractivity contribution in [3.63, 3.8) is 0 Å². The molecule has 0 saturated carbocycles. The maximum absolute atomic E-state index is 5.57. The first-order chi connectivity index (χ1) is 9.22. The third-order valence-corrected chi connectivity index (χ3v) is 2.62. The molecule has 0 N–H and O–H groups in total. The van der Waals surface area contributed by atoms with Crippen molar-refractivity contribution in [2.24, 2.45) is 5.92 Å². The maximum Gasteiger partial charge on any atom is 0.119 e. The molecule has 1 aromatic carbocycles. The molecule has 0 bridgehead atoms. The average molecular weight is 281 g/mol. The van der Waals surface area contributed by atoms with Gasteiger partial charge in [-0.05, 0) is 36.6 Å². The number of rotatable bonds is 7. The summed E-state index contributed by atoms with van der Waals surface area (Å²) < 4.78 is 11.1. The fraction of sp³-hybridized carbons (Fsp3) is 0.500. The van der Waals surface area contributed by atoms with Crippen molar-refractivity contribution < 1.29 is 9.47 Å². The van der Waals surface area contributed by atoms with Gasteiger partial charge in [-0.15, -0.1) is 11.6 Å². The number of hydrogen-bond acceptors (Lipinski definition) is 2. The maximum atomic E-state index is 5.57. The highest BCUT2D eigenvalue weighted by atomic mass is 35.5. The molecule has 1 aromatic rings. The molecular weight excluding hydrogens is 260 g/mol. The Balaban J connectivity index is 2.19. The van der Waals surface area contributed by atoms with Crippen LogP contribution in [0.5, 0.6) is 5.75 Å². The topological polar surface area (TPSA) is 18.5 Å². The minimum atomic E-state index is 0.353. The zero-order chi connectivity index (χ0) is 13.9. The van der Waals surface area contributed by atoms with Gasteiger partial charge in [0.1, 0.15) is 12.4 Å². The highest BCUT2D eigenvalue weighted by Crippen LogP contribution is 2.11. The lowest BCUT2D eigenvalue weighted by Gasteiger charge is -2.08. The summed E-state index contributed by atoms with van der Waals surface area (Å²) in [6.07, 6.45) is 1.09. The van der Waals surface area contributed by atoms with Crippen LogP contribution < -0.4 is 4.74 Å². The van der Waals surface area contributed by atoms with Gasteiger partial charge in [-0.3, -0.25) is 0 Å². The Bertz CT molecular complexity index is 401. The van der Waals surface area contributed by atoms with E-state index in [9.17, 15) is 0 Å². The summed E-state index contributed by atoms with van der Waals surface area (Å²) in [5.74, 6) is 7.64. The van der Waals surface area contributed by atoms with E-state index in [4.69, 9.17) is 21.1 Å². The molecule has 0 aliphatic rings. The van der Waals surface area contributed by atoms with E-state index in [-0.39, 0.29) is 0 Å². The molecule has 0 radical (unpaired) electrons. The Labute approximate surface area is 121 Å². The van der Waals surface area contributed by atoms with Gasteiger partial charge in [-0.1, -0.05) is 25.7 Å². The van der Waals surface area contributed by atoms with Crippen molar-refractivity contribution in [3.05, 3.63) is 29.8 Å². The minimum absolute atomic E-state index is 0.353. The number of alkyl halides is 1. The molecule has 0 heterocycles. The first-order valence-corrected chi connectivity index (χ1v) is 7.11. The highest BCUT2D eigenvalue weighted by Gasteiger charge is 1.96. The predicted molar refractivity (Wildman–Crippen MR) is 79.8 cm³/mol. The van der Waals surface area contributed by atoms with Crippen LogP contribution in [-0.2, 0) is 4.74 Å². The molecule has 0 aromatic heterocycles. The first kappa shape index (κ1) is 15.9. The van der Waals surface area contributed by atoms with Crippen molar-refractivity contribution >= 4 is 11.6 Å². The molecule has 3 heteroatoms. The third kappa shape index (κ3) is 7.77. The van der Waals surface area contributed by atoms with Crippen LogP contribution in [0.15, 0.2) is 24.3 Å². The lowest BCUT2D eigenvalue weighted by atomic mass is 10.1. The third-order valence-electron chi connectivity index (χ3n) is 2.49. The van der Waals surface area contributed by atoms with Gasteiger partial charge >= 0.3 is 0 Å². The molecule has 104 valence electrons. The van der Waals surface area contributed by atoms with Crippen molar-refractivity contribution in [3.8, 4) is 17.6 Å². The molecule has 0 aliphatic carbocycles. The summed E-state index contributed by atoms with van der Waals surface area (Å²) in [7, 11) is 0. The van der Waals surface area contributed by atoms with Gasteiger partial charge in [0.05, 0.1) is 12.5 Å². The van der Waals surface area contributed by atoms with E-state index >= 15 is 0 Å². The molecule has 0 atom stereocenters. The highest BCUT2D eigenvalue weighted by molar-refractivity contribution is 6.19. The summed E-state index contributed by atoms with van der Waals surface area (Å²) >= 11 is 5.50. The molecule has 0 saturated heterocycles. The lowest BCUT2D eigenvalue weighted by molar-refractivity contribution is 0.0926. The van der Waals surface area contributed by atoms with E-state index in [0.29, 0.717) is 25.0 Å². The SMILES string of the molecule is CC(C)CCOCCOc1ccc(C#CCCl)cc1. The van der Waals surface area contributed by atoms with E-state index in [1.165, 1.54) is 0 Å². The Morgan fingerprint density at radius 1 is 1.11 bits per heavy atom. The van der Waals surface area contributed by atoms with E-state index in [1.807, 2.05) is 24.3 Å². The van der Waals surface area contributed by atoms with E-state index in [0.717, 1.165) is 24.3 Å². The van der Waals surface area contributed by atoms with Crippen molar-refractivity contribution in [1.82, 2.24) is 0 Å². The van der Waals surface area contributed by atoms with Gasteiger partial charge in [-0.25, -0.2) is 0 Å². The van der Waals surface area contributed by atoms with Gasteiger partial charge in [0.15, 0.2) is 0 Å². The number of hydrogen-bond donors (Lipinski definition) is 0. The van der Waals surface area contributed by atoms with Crippen LogP contribution in [0.3, 0.4) is 0 Å². The standard InChI is InChI=1S/C16H21ClO2/c1-14(2)9-11-18-12-13-19-16-7-5-15(6-8-16)4-3-10-17/h5-8,14H,9-13H2,1-2H3. The van der Waals surface area contributed by atoms with Crippen LogP contribution in [-0.4, -0.2) is 25.7 Å². The van der Waals surface area contributed by atoms with Crippen molar-refractivity contribution in [1.29, 1.82) is 0 Å². The second-order valence-corrected chi connectivity index (χ2v) is 4.87. The number of halogens is 1. The van der Waals surface area contributed by atoms with Crippen LogP contribution in [0, 0.1) is 17.8 Å². The van der Waals surface area contributed by atoms with Gasteiger partial charge in [-0.2, -0.15) is 0 Å². The lowest BCUT2D eigenvalue weighted by Crippen LogP contribution is -2.08. The summed E-state index contributed by atoms with van der Waals surface area (Å²) in [4.78, 5) is 0. The molecule has 0 amide bonds. The molecule has 0 unspecified atom stereocenters. The molecule has 19 heavy (non-hydrogen) atoms. The molecule has 0 fully saturated rings. The molecular formula is C16H21ClO2. The molecule has 2 nitrogen and oxygen atoms in total. The number of ether oxygens (including phenoxy) is 2. The molecule has 1 rings (SSSR count). The van der Waals surface area contributed by atoms with Gasteiger partial charge in [0.25, 0.3) is 0 Å². The summed E-state index contributed by atoms with van der Waals surface area (Å²) in [6.45, 7) is 6.38. The summed E-state index contributed by atoms with van der Waals surface area (Å²) in [6, 6.07) is 7.67. The molecule has 0 spiro atoms. The van der Waals surface area contributed by atoms with E-state index in [1.54, 1.807) is 0 Å². The predicted octanol–water partition coefficient (Wildman–Crippen LogP) is 3.72. The largest absolute Gasteiger partial charge is 0.491 e. The van der Waals surface area contributed by atoms with Crippen LogP contribution in [0.4, 0.5) is 0 Å². The Hall–Kier alpha value is -1.17. The fourth-order valence-corrected chi connectivity index (χ4v) is 1.48. The van der Waals surface area contributed by atoms with Crippen LogP contribution >= 0.6 is 11.6 Å². The van der Waals surface area contributed by atoms with Crippen molar-refractivity contribution in [2.45, 2.75) is 20.3 Å². The summed E-state index contributed by atoms with van der Waals surface area (Å²) in [5, 5.41) is 0. The van der Waals surface area contributed by atoms with E-state index in [2.05, 4.69) is 25.7 Å². The quantitative estimate of drug-likeness (QED) is 0.431. The van der Waals surface area contributed by atoms with E-state index < -0.39 is 0 Å². The monoisotopic (exact) mass is 280 g/mol. The average Bonchev–Trinajstić information content (AvgIpc) is 2.41. The smallest absolute Gasteiger partial charge is 0.119 e. The Kier molecular flexibility index (Phi) is 8.13. The zero-order valence-electron chi connectivity index (χ0n) is 11.6. The Morgan fingerprint density at radius 2 is 1.84 bits per heavy atom. The van der Waals surface area contributed by atoms with Crippen LogP contribution in [0.2, 0.25) is 0 Å². The van der Waals surface area contributed by atoms with Gasteiger partial charge in [0, 0.05) is 12.2 Å². The van der Waals surface area contributed by atoms with Crippen LogP contribution in [0.25, 0.3) is 0 Å².